The van der Waals surface area contributed by atoms with Gasteiger partial charge in [-0.2, -0.15) is 0 Å². The standard InChI is InChI=1S/C21H32O4/c1-13(18(22)24-5)16-15(8-7-14-11-25-19(23)17(14)16)21(4)10-6-9-20(2,3)12-21/h13-14,17H,6-12H2,1-5H3/t13?,14-,17?,21?/m0/s1. The largest absolute Gasteiger partial charge is 0.469 e. The van der Waals surface area contributed by atoms with E-state index in [9.17, 15) is 9.59 Å². The molecule has 0 aromatic rings. The summed E-state index contributed by atoms with van der Waals surface area (Å²) in [6.07, 6.45) is 6.65. The fourth-order valence-corrected chi connectivity index (χ4v) is 5.79. The Morgan fingerprint density at radius 3 is 2.64 bits per heavy atom. The molecule has 1 aliphatic heterocycles. The number of allylic oxidation sites excluding steroid dienone is 1. The molecule has 0 amide bonds. The number of ether oxygens (including phenoxy) is 2. The summed E-state index contributed by atoms with van der Waals surface area (Å²) in [5.74, 6) is -0.795. The lowest BCUT2D eigenvalue weighted by Crippen LogP contribution is -2.39. The predicted molar refractivity (Wildman–Crippen MR) is 95.7 cm³/mol. The molecule has 4 nitrogen and oxygen atoms in total. The minimum Gasteiger partial charge on any atom is -0.469 e. The van der Waals surface area contributed by atoms with Crippen molar-refractivity contribution in [2.24, 2.45) is 28.6 Å². The van der Waals surface area contributed by atoms with E-state index in [0.29, 0.717) is 12.0 Å². The topological polar surface area (TPSA) is 52.6 Å². The van der Waals surface area contributed by atoms with Crippen LogP contribution in [0.5, 0.6) is 0 Å². The van der Waals surface area contributed by atoms with Crippen LogP contribution in [0.15, 0.2) is 11.1 Å². The minimum absolute atomic E-state index is 0.0627. The van der Waals surface area contributed by atoms with Gasteiger partial charge in [0.2, 0.25) is 0 Å². The van der Waals surface area contributed by atoms with E-state index in [4.69, 9.17) is 9.47 Å². The number of fused-ring (bicyclic) bond motifs is 1. The summed E-state index contributed by atoms with van der Waals surface area (Å²) in [6.45, 7) is 9.41. The molecule has 0 aromatic carbocycles. The zero-order valence-corrected chi connectivity index (χ0v) is 16.3. The van der Waals surface area contributed by atoms with Gasteiger partial charge in [-0.05, 0) is 55.4 Å². The van der Waals surface area contributed by atoms with Gasteiger partial charge < -0.3 is 9.47 Å². The van der Waals surface area contributed by atoms with Crippen LogP contribution >= 0.6 is 0 Å². The first-order valence-corrected chi connectivity index (χ1v) is 9.66. The van der Waals surface area contributed by atoms with Crippen molar-refractivity contribution in [3.63, 3.8) is 0 Å². The minimum atomic E-state index is -0.375. The zero-order chi connectivity index (χ0) is 18.4. The number of hydrogen-bond acceptors (Lipinski definition) is 4. The quantitative estimate of drug-likeness (QED) is 0.564. The highest BCUT2D eigenvalue weighted by atomic mass is 16.5. The molecule has 1 saturated heterocycles. The molecule has 25 heavy (non-hydrogen) atoms. The first-order valence-electron chi connectivity index (χ1n) is 9.66. The summed E-state index contributed by atoms with van der Waals surface area (Å²) >= 11 is 0. The van der Waals surface area contributed by atoms with Gasteiger partial charge in [-0.25, -0.2) is 0 Å². The molecule has 0 N–H and O–H groups in total. The Morgan fingerprint density at radius 1 is 1.28 bits per heavy atom. The highest BCUT2D eigenvalue weighted by molar-refractivity contribution is 5.83. The van der Waals surface area contributed by atoms with E-state index in [1.807, 2.05) is 6.92 Å². The van der Waals surface area contributed by atoms with Crippen molar-refractivity contribution in [3.05, 3.63) is 11.1 Å². The maximum Gasteiger partial charge on any atom is 0.313 e. The number of hydrogen-bond donors (Lipinski definition) is 0. The summed E-state index contributed by atoms with van der Waals surface area (Å²) in [4.78, 5) is 24.8. The highest BCUT2D eigenvalue weighted by Crippen LogP contribution is 2.56. The van der Waals surface area contributed by atoms with Gasteiger partial charge in [0.05, 0.1) is 25.6 Å². The first-order chi connectivity index (χ1) is 11.7. The van der Waals surface area contributed by atoms with E-state index < -0.39 is 0 Å². The maximum absolute atomic E-state index is 12.5. The lowest BCUT2D eigenvalue weighted by atomic mass is 9.57. The monoisotopic (exact) mass is 348 g/mol. The fraction of sp³-hybridized carbons (Fsp3) is 0.810. The molecule has 0 aromatic heterocycles. The lowest BCUT2D eigenvalue weighted by Gasteiger charge is -2.47. The van der Waals surface area contributed by atoms with E-state index in [2.05, 4.69) is 20.8 Å². The second kappa shape index (κ2) is 6.44. The molecule has 2 aliphatic carbocycles. The SMILES string of the molecule is COC(=O)C(C)C1=C(C2(C)CCCC(C)(C)C2)CC[C@H]2COC(=O)C12. The van der Waals surface area contributed by atoms with Gasteiger partial charge in [-0.1, -0.05) is 32.8 Å². The van der Waals surface area contributed by atoms with E-state index >= 15 is 0 Å². The number of methoxy groups -OCH3 is 1. The number of rotatable bonds is 3. The average molecular weight is 348 g/mol. The number of carbonyl (C=O) groups excluding carboxylic acids is 2. The van der Waals surface area contributed by atoms with Crippen molar-refractivity contribution in [1.29, 1.82) is 0 Å². The Morgan fingerprint density at radius 2 is 2.00 bits per heavy atom. The van der Waals surface area contributed by atoms with Crippen LogP contribution in [-0.2, 0) is 19.1 Å². The molecule has 1 heterocycles. The number of esters is 2. The van der Waals surface area contributed by atoms with Crippen LogP contribution in [0.2, 0.25) is 0 Å². The third-order valence-corrected chi connectivity index (χ3v) is 6.81. The van der Waals surface area contributed by atoms with Crippen LogP contribution in [-0.4, -0.2) is 25.7 Å². The second-order valence-corrected chi connectivity index (χ2v) is 9.34. The first kappa shape index (κ1) is 18.5. The fourth-order valence-electron chi connectivity index (χ4n) is 5.79. The van der Waals surface area contributed by atoms with Crippen LogP contribution in [0.4, 0.5) is 0 Å². The van der Waals surface area contributed by atoms with E-state index in [1.54, 1.807) is 0 Å². The molecular weight excluding hydrogens is 316 g/mol. The van der Waals surface area contributed by atoms with Gasteiger partial charge in [0.15, 0.2) is 0 Å². The van der Waals surface area contributed by atoms with Crippen molar-refractivity contribution in [2.45, 2.75) is 66.2 Å². The molecule has 1 saturated carbocycles. The zero-order valence-electron chi connectivity index (χ0n) is 16.3. The van der Waals surface area contributed by atoms with E-state index in [-0.39, 0.29) is 35.1 Å². The van der Waals surface area contributed by atoms with Gasteiger partial charge in [0.25, 0.3) is 0 Å². The summed E-state index contributed by atoms with van der Waals surface area (Å²) in [7, 11) is 1.43. The van der Waals surface area contributed by atoms with Crippen molar-refractivity contribution in [1.82, 2.24) is 0 Å². The van der Waals surface area contributed by atoms with Gasteiger partial charge in [0, 0.05) is 5.92 Å². The molecule has 140 valence electrons. The second-order valence-electron chi connectivity index (χ2n) is 9.34. The van der Waals surface area contributed by atoms with Crippen LogP contribution in [0, 0.1) is 28.6 Å². The van der Waals surface area contributed by atoms with Gasteiger partial charge in [0.1, 0.15) is 0 Å². The average Bonchev–Trinajstić information content (AvgIpc) is 2.93. The summed E-state index contributed by atoms with van der Waals surface area (Å²) in [6, 6.07) is 0. The van der Waals surface area contributed by atoms with Gasteiger partial charge in [-0.3, -0.25) is 9.59 Å². The van der Waals surface area contributed by atoms with Crippen LogP contribution in [0.25, 0.3) is 0 Å². The van der Waals surface area contributed by atoms with Gasteiger partial charge >= 0.3 is 11.9 Å². The summed E-state index contributed by atoms with van der Waals surface area (Å²) < 4.78 is 10.4. The molecule has 4 heteroatoms. The molecular formula is C21H32O4. The molecule has 0 spiro atoms. The summed E-state index contributed by atoms with van der Waals surface area (Å²) in [5.41, 5.74) is 2.73. The third-order valence-electron chi connectivity index (χ3n) is 6.81. The number of cyclic esters (lactones) is 1. The molecule has 3 rings (SSSR count). The summed E-state index contributed by atoms with van der Waals surface area (Å²) in [5, 5.41) is 0. The molecule has 0 bridgehead atoms. The van der Waals surface area contributed by atoms with E-state index in [1.165, 1.54) is 25.5 Å². The van der Waals surface area contributed by atoms with Crippen molar-refractivity contribution in [3.8, 4) is 0 Å². The van der Waals surface area contributed by atoms with Crippen LogP contribution in [0.1, 0.15) is 66.2 Å². The molecule has 0 radical (unpaired) electrons. The molecule has 2 fully saturated rings. The van der Waals surface area contributed by atoms with Gasteiger partial charge in [-0.15, -0.1) is 0 Å². The number of carbonyl (C=O) groups is 2. The molecule has 3 aliphatic rings. The maximum atomic E-state index is 12.5. The Kier molecular flexibility index (Phi) is 4.76. The molecule has 4 atom stereocenters. The smallest absolute Gasteiger partial charge is 0.313 e. The lowest BCUT2D eigenvalue weighted by molar-refractivity contribution is -0.144. The Balaban J connectivity index is 2.09. The Labute approximate surface area is 151 Å². The normalized spacial score (nSPS) is 35.8. The van der Waals surface area contributed by atoms with E-state index in [0.717, 1.165) is 31.3 Å². The van der Waals surface area contributed by atoms with Crippen LogP contribution < -0.4 is 0 Å². The van der Waals surface area contributed by atoms with Crippen molar-refractivity contribution in [2.75, 3.05) is 13.7 Å². The highest BCUT2D eigenvalue weighted by Gasteiger charge is 2.50. The predicted octanol–water partition coefficient (Wildman–Crippen LogP) is 4.28. The Hall–Kier alpha value is -1.32. The van der Waals surface area contributed by atoms with Crippen LogP contribution in [0.3, 0.4) is 0 Å². The molecule has 3 unspecified atom stereocenters. The third kappa shape index (κ3) is 3.24. The van der Waals surface area contributed by atoms with Crippen molar-refractivity contribution >= 4 is 11.9 Å². The van der Waals surface area contributed by atoms with Crippen molar-refractivity contribution < 1.29 is 19.1 Å². The Bertz CT molecular complexity index is 603.